The molecule has 1 saturated heterocycles. The van der Waals surface area contributed by atoms with E-state index in [0.29, 0.717) is 58.0 Å². The quantitative estimate of drug-likeness (QED) is 0.439. The van der Waals surface area contributed by atoms with Gasteiger partial charge in [-0.25, -0.2) is 4.79 Å². The molecule has 10 heteroatoms. The minimum Gasteiger partial charge on any atom is -0.496 e. The van der Waals surface area contributed by atoms with E-state index in [1.54, 1.807) is 55.5 Å². The monoisotopic (exact) mass is 478 g/mol. The standard InChI is InChI=1S/C25H26N4O6/c1-33-19-8-9-21(34-2)23-16(19)13-17(27-23)24(31)26-15-6-7-20-18(12-15)29(25(32)35-20)14-22(30)28-10-4-3-5-11-28/h6-9,12-13,27H,3-5,10-11,14H2,1-2H3,(H,26,31). The van der Waals surface area contributed by atoms with Crippen LogP contribution in [0.25, 0.3) is 22.0 Å². The number of nitrogens with zero attached hydrogens (tertiary/aromatic N) is 2. The first-order chi connectivity index (χ1) is 17.0. The third-order valence-electron chi connectivity index (χ3n) is 6.33. The van der Waals surface area contributed by atoms with Crippen LogP contribution < -0.4 is 20.5 Å². The van der Waals surface area contributed by atoms with Crippen LogP contribution in [0.15, 0.2) is 45.6 Å². The van der Waals surface area contributed by atoms with Gasteiger partial charge in [0, 0.05) is 24.2 Å². The molecule has 2 aromatic carbocycles. The highest BCUT2D eigenvalue weighted by atomic mass is 16.5. The zero-order valence-corrected chi connectivity index (χ0v) is 19.6. The van der Waals surface area contributed by atoms with Crippen molar-refractivity contribution in [2.24, 2.45) is 0 Å². The van der Waals surface area contributed by atoms with Gasteiger partial charge in [-0.05, 0) is 55.7 Å². The number of hydrogen-bond acceptors (Lipinski definition) is 6. The molecule has 182 valence electrons. The molecule has 2 aromatic heterocycles. The molecule has 0 saturated carbocycles. The fourth-order valence-electron chi connectivity index (χ4n) is 4.50. The summed E-state index contributed by atoms with van der Waals surface area (Å²) in [5.74, 6) is 0.0837. The number of fused-ring (bicyclic) bond motifs is 2. The van der Waals surface area contributed by atoms with Crippen molar-refractivity contribution in [3.05, 3.63) is 52.6 Å². The van der Waals surface area contributed by atoms with E-state index in [2.05, 4.69) is 10.3 Å². The highest BCUT2D eigenvalue weighted by molar-refractivity contribution is 6.08. The summed E-state index contributed by atoms with van der Waals surface area (Å²) >= 11 is 0. The van der Waals surface area contributed by atoms with Gasteiger partial charge in [-0.3, -0.25) is 14.2 Å². The molecule has 35 heavy (non-hydrogen) atoms. The van der Waals surface area contributed by atoms with E-state index in [9.17, 15) is 14.4 Å². The maximum absolute atomic E-state index is 13.0. The average molecular weight is 479 g/mol. The number of piperidine rings is 1. The van der Waals surface area contributed by atoms with Crippen molar-refractivity contribution < 1.29 is 23.5 Å². The van der Waals surface area contributed by atoms with E-state index < -0.39 is 5.76 Å². The molecule has 0 bridgehead atoms. The van der Waals surface area contributed by atoms with Crippen LogP contribution in [-0.4, -0.2) is 53.6 Å². The van der Waals surface area contributed by atoms with E-state index in [0.717, 1.165) is 19.3 Å². The molecule has 0 aliphatic carbocycles. The third-order valence-corrected chi connectivity index (χ3v) is 6.33. The second-order valence-corrected chi connectivity index (χ2v) is 8.47. The Morgan fingerprint density at radius 2 is 1.77 bits per heavy atom. The van der Waals surface area contributed by atoms with E-state index in [-0.39, 0.29) is 18.4 Å². The SMILES string of the molecule is COc1ccc(OC)c2[nH]c(C(=O)Nc3ccc4oc(=O)n(CC(=O)N5CCCCC5)c4c3)cc12. The molecule has 10 nitrogen and oxygen atoms in total. The number of ether oxygens (including phenoxy) is 2. The number of oxazole rings is 1. The number of nitrogens with one attached hydrogen (secondary N) is 2. The Morgan fingerprint density at radius 3 is 2.51 bits per heavy atom. The number of methoxy groups -OCH3 is 2. The highest BCUT2D eigenvalue weighted by Crippen LogP contribution is 2.33. The van der Waals surface area contributed by atoms with Crippen molar-refractivity contribution in [2.75, 3.05) is 32.6 Å². The number of aromatic amines is 1. The van der Waals surface area contributed by atoms with Crippen LogP contribution in [-0.2, 0) is 11.3 Å². The summed E-state index contributed by atoms with van der Waals surface area (Å²) < 4.78 is 17.4. The molecule has 0 atom stereocenters. The van der Waals surface area contributed by atoms with E-state index in [4.69, 9.17) is 13.9 Å². The lowest BCUT2D eigenvalue weighted by molar-refractivity contribution is -0.132. The van der Waals surface area contributed by atoms with Gasteiger partial charge >= 0.3 is 5.76 Å². The van der Waals surface area contributed by atoms with Crippen LogP contribution in [0.5, 0.6) is 11.5 Å². The third kappa shape index (κ3) is 4.23. The van der Waals surface area contributed by atoms with Gasteiger partial charge < -0.3 is 29.1 Å². The summed E-state index contributed by atoms with van der Waals surface area (Å²) in [5, 5.41) is 3.55. The van der Waals surface area contributed by atoms with Crippen LogP contribution in [0.1, 0.15) is 29.8 Å². The number of benzene rings is 2. The van der Waals surface area contributed by atoms with Crippen LogP contribution in [0.2, 0.25) is 0 Å². The predicted octanol–water partition coefficient (Wildman–Crippen LogP) is 3.36. The number of aromatic nitrogens is 2. The summed E-state index contributed by atoms with van der Waals surface area (Å²) in [6.07, 6.45) is 3.04. The van der Waals surface area contributed by atoms with Gasteiger partial charge in [-0.15, -0.1) is 0 Å². The van der Waals surface area contributed by atoms with Gasteiger partial charge in [0.1, 0.15) is 23.7 Å². The molecule has 2 N–H and O–H groups in total. The molecule has 3 heterocycles. The minimum absolute atomic E-state index is 0.106. The number of anilines is 1. The van der Waals surface area contributed by atoms with Crippen molar-refractivity contribution >= 4 is 39.5 Å². The largest absolute Gasteiger partial charge is 0.496 e. The lowest BCUT2D eigenvalue weighted by Crippen LogP contribution is -2.39. The van der Waals surface area contributed by atoms with Crippen LogP contribution in [0.3, 0.4) is 0 Å². The zero-order chi connectivity index (χ0) is 24.5. The summed E-state index contributed by atoms with van der Waals surface area (Å²) in [5.41, 5.74) is 2.21. The summed E-state index contributed by atoms with van der Waals surface area (Å²) in [4.78, 5) is 43.0. The van der Waals surface area contributed by atoms with Crippen molar-refractivity contribution in [1.29, 1.82) is 0 Å². The van der Waals surface area contributed by atoms with Crippen LogP contribution >= 0.6 is 0 Å². The van der Waals surface area contributed by atoms with Crippen molar-refractivity contribution in [3.63, 3.8) is 0 Å². The molecule has 0 radical (unpaired) electrons. The molecule has 2 amide bonds. The Kier molecular flexibility index (Phi) is 5.94. The Bertz CT molecular complexity index is 1430. The average Bonchev–Trinajstić information content (AvgIpc) is 3.46. The first-order valence-electron chi connectivity index (χ1n) is 11.4. The highest BCUT2D eigenvalue weighted by Gasteiger charge is 2.21. The summed E-state index contributed by atoms with van der Waals surface area (Å²) in [6.45, 7) is 1.29. The van der Waals surface area contributed by atoms with Gasteiger partial charge in [0.05, 0.1) is 25.3 Å². The number of carbonyl (C=O) groups excluding carboxylic acids is 2. The van der Waals surface area contributed by atoms with E-state index >= 15 is 0 Å². The van der Waals surface area contributed by atoms with Crippen molar-refractivity contribution in [3.8, 4) is 11.5 Å². The second-order valence-electron chi connectivity index (χ2n) is 8.47. The van der Waals surface area contributed by atoms with E-state index in [1.165, 1.54) is 4.57 Å². The molecule has 1 aliphatic rings. The fraction of sp³-hybridized carbons (Fsp3) is 0.320. The number of likely N-dealkylation sites (tertiary alicyclic amines) is 1. The van der Waals surface area contributed by atoms with Gasteiger partial charge in [0.15, 0.2) is 5.58 Å². The molecule has 1 fully saturated rings. The van der Waals surface area contributed by atoms with Crippen molar-refractivity contribution in [2.45, 2.75) is 25.8 Å². The molecule has 4 aromatic rings. The summed E-state index contributed by atoms with van der Waals surface area (Å²) in [6, 6.07) is 10.1. The fourth-order valence-corrected chi connectivity index (χ4v) is 4.50. The number of hydrogen-bond donors (Lipinski definition) is 2. The van der Waals surface area contributed by atoms with Crippen LogP contribution in [0.4, 0.5) is 5.69 Å². The Hall–Kier alpha value is -4.21. The number of rotatable bonds is 6. The van der Waals surface area contributed by atoms with Gasteiger partial charge in [0.2, 0.25) is 5.91 Å². The molecule has 5 rings (SSSR count). The Balaban J connectivity index is 1.41. The predicted molar refractivity (Wildman–Crippen MR) is 130 cm³/mol. The Labute approximate surface area is 200 Å². The number of carbonyl (C=O) groups is 2. The maximum Gasteiger partial charge on any atom is 0.420 e. The lowest BCUT2D eigenvalue weighted by Gasteiger charge is -2.26. The minimum atomic E-state index is -0.608. The maximum atomic E-state index is 13.0. The smallest absolute Gasteiger partial charge is 0.420 e. The Morgan fingerprint density at radius 1 is 1.03 bits per heavy atom. The van der Waals surface area contributed by atoms with Gasteiger partial charge in [-0.2, -0.15) is 0 Å². The number of amides is 2. The van der Waals surface area contributed by atoms with E-state index in [1.807, 2.05) is 0 Å². The zero-order valence-electron chi connectivity index (χ0n) is 19.6. The molecular formula is C25H26N4O6. The topological polar surface area (TPSA) is 119 Å². The normalized spacial score (nSPS) is 13.8. The van der Waals surface area contributed by atoms with Crippen molar-refractivity contribution in [1.82, 2.24) is 14.5 Å². The first-order valence-corrected chi connectivity index (χ1v) is 11.4. The number of H-pyrrole nitrogens is 1. The second kappa shape index (κ2) is 9.21. The molecule has 0 unspecified atom stereocenters. The van der Waals surface area contributed by atoms with Gasteiger partial charge in [-0.1, -0.05) is 0 Å². The van der Waals surface area contributed by atoms with Crippen LogP contribution in [0, 0.1) is 0 Å². The molecule has 1 aliphatic heterocycles. The van der Waals surface area contributed by atoms with Gasteiger partial charge in [0.25, 0.3) is 5.91 Å². The lowest BCUT2D eigenvalue weighted by atomic mass is 10.1. The summed E-state index contributed by atoms with van der Waals surface area (Å²) in [7, 11) is 3.11. The first kappa shape index (κ1) is 22.6. The molecular weight excluding hydrogens is 452 g/mol. The molecule has 0 spiro atoms.